The molecular formula is C50H61BrN4O2. The summed E-state index contributed by atoms with van der Waals surface area (Å²) in [5.74, 6) is 1.68. The fourth-order valence-corrected chi connectivity index (χ4v) is 8.51. The maximum Gasteiger partial charge on any atom is 0.253 e. The minimum absolute atomic E-state index is 0.0409. The second kappa shape index (κ2) is 18.9. The van der Waals surface area contributed by atoms with Crippen molar-refractivity contribution < 1.29 is 9.59 Å². The highest BCUT2D eigenvalue weighted by Crippen LogP contribution is 2.34. The van der Waals surface area contributed by atoms with E-state index in [1.54, 1.807) is 0 Å². The Labute approximate surface area is 349 Å². The van der Waals surface area contributed by atoms with Gasteiger partial charge in [-0.2, -0.15) is 5.10 Å². The first-order chi connectivity index (χ1) is 27.2. The van der Waals surface area contributed by atoms with E-state index in [0.717, 1.165) is 39.2 Å². The average Bonchev–Trinajstić information content (AvgIpc) is 3.86. The quantitative estimate of drug-likeness (QED) is 0.173. The molecule has 6 nitrogen and oxygen atoms in total. The van der Waals surface area contributed by atoms with Crippen LogP contribution in [0.15, 0.2) is 101 Å². The van der Waals surface area contributed by atoms with Gasteiger partial charge in [-0.05, 0) is 116 Å². The van der Waals surface area contributed by atoms with Crippen molar-refractivity contribution in [3.8, 4) is 5.69 Å². The Morgan fingerprint density at radius 3 is 1.86 bits per heavy atom. The Morgan fingerprint density at radius 2 is 1.28 bits per heavy atom. The molecule has 2 saturated carbocycles. The van der Waals surface area contributed by atoms with Gasteiger partial charge < -0.3 is 5.32 Å². The zero-order valence-corrected chi connectivity index (χ0v) is 36.5. The molecule has 3 aliphatic rings. The van der Waals surface area contributed by atoms with E-state index in [1.165, 1.54) is 79.8 Å². The van der Waals surface area contributed by atoms with Gasteiger partial charge in [0.15, 0.2) is 5.78 Å². The van der Waals surface area contributed by atoms with Crippen molar-refractivity contribution in [2.45, 2.75) is 136 Å². The zero-order valence-electron chi connectivity index (χ0n) is 34.9. The summed E-state index contributed by atoms with van der Waals surface area (Å²) in [6.07, 6.45) is 18.2. The van der Waals surface area contributed by atoms with E-state index >= 15 is 0 Å². The van der Waals surface area contributed by atoms with E-state index in [1.807, 2.05) is 74.3 Å². The molecule has 0 unspecified atom stereocenters. The fourth-order valence-electron chi connectivity index (χ4n) is 8.25. The van der Waals surface area contributed by atoms with Crippen molar-refractivity contribution >= 4 is 44.7 Å². The number of carbonyl (C=O) groups is 2. The van der Waals surface area contributed by atoms with Crippen LogP contribution in [0.1, 0.15) is 167 Å². The summed E-state index contributed by atoms with van der Waals surface area (Å²) in [7, 11) is 0. The minimum Gasteiger partial charge on any atom is -0.347 e. The minimum atomic E-state index is -0.281. The molecule has 57 heavy (non-hydrogen) atoms. The molecule has 1 N–H and O–H groups in total. The van der Waals surface area contributed by atoms with Crippen LogP contribution in [0.4, 0.5) is 0 Å². The number of benzene rings is 4. The Hall–Kier alpha value is -4.36. The van der Waals surface area contributed by atoms with Crippen LogP contribution in [0, 0.1) is 5.41 Å². The lowest BCUT2D eigenvalue weighted by molar-refractivity contribution is 0.0917. The summed E-state index contributed by atoms with van der Waals surface area (Å²) in [6, 6.07) is 29.2. The van der Waals surface area contributed by atoms with E-state index < -0.39 is 0 Å². The lowest BCUT2D eigenvalue weighted by Crippen LogP contribution is -2.40. The number of rotatable bonds is 6. The van der Waals surface area contributed by atoms with Gasteiger partial charge >= 0.3 is 0 Å². The largest absolute Gasteiger partial charge is 0.347 e. The average molecular weight is 830 g/mol. The Balaban J connectivity index is 0.000000160. The van der Waals surface area contributed by atoms with Crippen molar-refractivity contribution in [3.63, 3.8) is 0 Å². The van der Waals surface area contributed by atoms with Crippen molar-refractivity contribution in [2.75, 3.05) is 0 Å². The number of Topliss-reactive ketones (excluding diaryl/α,β-unsaturated/α-hetero) is 1. The summed E-state index contributed by atoms with van der Waals surface area (Å²) in [5.41, 5.74) is 8.15. The number of carbonyl (C=O) groups excluding carboxylic acids is 2. The van der Waals surface area contributed by atoms with E-state index in [0.29, 0.717) is 24.4 Å². The molecule has 1 aliphatic heterocycles. The van der Waals surface area contributed by atoms with Gasteiger partial charge in [-0.25, -0.2) is 4.68 Å². The van der Waals surface area contributed by atoms with Gasteiger partial charge in [0, 0.05) is 39.8 Å². The van der Waals surface area contributed by atoms with E-state index in [9.17, 15) is 9.59 Å². The predicted octanol–water partition coefficient (Wildman–Crippen LogP) is 13.3. The molecule has 2 aliphatic carbocycles. The number of aliphatic imine (C=N–C) groups is 1. The number of hydrogen-bond donors (Lipinski definition) is 1. The van der Waals surface area contributed by atoms with Crippen LogP contribution in [0.25, 0.3) is 16.6 Å². The maximum absolute atomic E-state index is 12.7. The van der Waals surface area contributed by atoms with Crippen LogP contribution < -0.4 is 5.32 Å². The van der Waals surface area contributed by atoms with Crippen molar-refractivity contribution in [2.24, 2.45) is 10.4 Å². The van der Waals surface area contributed by atoms with Gasteiger partial charge in [-0.15, -0.1) is 0 Å². The van der Waals surface area contributed by atoms with Gasteiger partial charge in [0.05, 0.1) is 17.8 Å². The Kier molecular flexibility index (Phi) is 14.0. The third-order valence-corrected chi connectivity index (χ3v) is 11.7. The van der Waals surface area contributed by atoms with Crippen LogP contribution in [0.3, 0.4) is 0 Å². The molecular weight excluding hydrogens is 768 g/mol. The number of hydrogen-bond acceptors (Lipinski definition) is 4. The third-order valence-electron chi connectivity index (χ3n) is 11.1. The van der Waals surface area contributed by atoms with Crippen LogP contribution >= 0.6 is 15.9 Å². The third kappa shape index (κ3) is 11.8. The van der Waals surface area contributed by atoms with Gasteiger partial charge in [-0.3, -0.25) is 14.6 Å². The van der Waals surface area contributed by atoms with Crippen LogP contribution in [0.2, 0.25) is 0 Å². The molecule has 0 spiro atoms. The van der Waals surface area contributed by atoms with Crippen LogP contribution in [0.5, 0.6) is 0 Å². The molecule has 0 bridgehead atoms. The molecule has 7 heteroatoms. The molecule has 2 fully saturated rings. The SMILES string of the molecule is Brc1ccc(C2CCCCC2)cc1.CC(C)(C)CC(=O)c1cccc2c1CN=C2.CC(C)(C)NC(=O)c1cccc2cn(-c3ccc(C4CCCCC4)cc3)nc12. The number of amides is 1. The lowest BCUT2D eigenvalue weighted by atomic mass is 9.84. The number of halogens is 1. The highest BCUT2D eigenvalue weighted by Gasteiger charge is 2.22. The highest BCUT2D eigenvalue weighted by molar-refractivity contribution is 9.10. The van der Waals surface area contributed by atoms with Crippen molar-refractivity contribution in [1.29, 1.82) is 0 Å². The topological polar surface area (TPSA) is 76.3 Å². The molecule has 0 saturated heterocycles. The van der Waals surface area contributed by atoms with Gasteiger partial charge in [0.1, 0.15) is 5.52 Å². The molecule has 0 radical (unpaired) electrons. The predicted molar refractivity (Wildman–Crippen MR) is 240 cm³/mol. The normalized spacial score (nSPS) is 15.9. The molecule has 0 atom stereocenters. The molecule has 8 rings (SSSR count). The summed E-state index contributed by atoms with van der Waals surface area (Å²) in [6.45, 7) is 12.9. The second-order valence-corrected chi connectivity index (χ2v) is 19.3. The van der Waals surface area contributed by atoms with Crippen LogP contribution in [-0.4, -0.2) is 33.2 Å². The Bertz CT molecular complexity index is 2140. The maximum atomic E-state index is 12.7. The second-order valence-electron chi connectivity index (χ2n) is 18.3. The van der Waals surface area contributed by atoms with E-state index in [4.69, 9.17) is 5.10 Å². The first kappa shape index (κ1) is 42.3. The van der Waals surface area contributed by atoms with Crippen molar-refractivity contribution in [3.05, 3.63) is 129 Å². The van der Waals surface area contributed by atoms with E-state index in [2.05, 4.69) is 95.5 Å². The standard InChI is InChI=1S/C24H29N3O.C14H17NO.C12H15Br/c1-24(2,3)25-23(28)21-11-7-10-19-16-27(26-22(19)21)20-14-12-18(13-15-20)17-8-5-4-6-9-17;1-14(2,3)7-13(16)11-6-4-5-10-8-15-9-12(10)11;13-12-8-6-11(7-9-12)10-4-2-1-3-5-10/h7,10-17H,4-6,8-9H2,1-3H3,(H,25,28);4-6,8H,7,9H2,1-3H3;6-10H,1-5H2. The highest BCUT2D eigenvalue weighted by atomic mass is 79.9. The zero-order chi connectivity index (χ0) is 40.6. The molecule has 4 aromatic carbocycles. The lowest BCUT2D eigenvalue weighted by Gasteiger charge is -2.22. The number of nitrogens with zero attached hydrogens (tertiary/aromatic N) is 3. The summed E-state index contributed by atoms with van der Waals surface area (Å²) >= 11 is 3.47. The van der Waals surface area contributed by atoms with Gasteiger partial charge in [0.25, 0.3) is 5.91 Å². The van der Waals surface area contributed by atoms with Crippen molar-refractivity contribution in [1.82, 2.24) is 15.1 Å². The number of fused-ring (bicyclic) bond motifs is 2. The number of aromatic nitrogens is 2. The Morgan fingerprint density at radius 1 is 0.719 bits per heavy atom. The first-order valence-corrected chi connectivity index (χ1v) is 21.8. The smallest absolute Gasteiger partial charge is 0.253 e. The molecule has 5 aromatic rings. The fraction of sp³-hybridized carbons (Fsp3) is 0.440. The number of nitrogens with one attached hydrogen (secondary N) is 1. The summed E-state index contributed by atoms with van der Waals surface area (Å²) < 4.78 is 3.07. The number of ketones is 1. The first-order valence-electron chi connectivity index (χ1n) is 21.1. The monoisotopic (exact) mass is 828 g/mol. The van der Waals surface area contributed by atoms with Gasteiger partial charge in [-0.1, -0.05) is 130 Å². The summed E-state index contributed by atoms with van der Waals surface area (Å²) in [4.78, 5) is 29.1. The van der Waals surface area contributed by atoms with Crippen LogP contribution in [-0.2, 0) is 6.54 Å². The summed E-state index contributed by atoms with van der Waals surface area (Å²) in [5, 5.41) is 8.73. The van der Waals surface area contributed by atoms with E-state index in [-0.39, 0.29) is 22.6 Å². The van der Waals surface area contributed by atoms with Gasteiger partial charge in [0.2, 0.25) is 0 Å². The molecule has 2 heterocycles. The molecule has 300 valence electrons. The molecule has 1 amide bonds. The molecule has 1 aromatic heterocycles.